The van der Waals surface area contributed by atoms with E-state index in [4.69, 9.17) is 9.47 Å². The van der Waals surface area contributed by atoms with Gasteiger partial charge >= 0.3 is 0 Å². The number of aromatic nitrogens is 3. The van der Waals surface area contributed by atoms with Crippen LogP contribution in [0.25, 0.3) is 0 Å². The van der Waals surface area contributed by atoms with Crippen molar-refractivity contribution in [2.24, 2.45) is 0 Å². The minimum absolute atomic E-state index is 0.0221. The molecule has 1 aliphatic heterocycles. The minimum atomic E-state index is -0.134. The minimum Gasteiger partial charge on any atom is -0.484 e. The van der Waals surface area contributed by atoms with E-state index in [1.54, 1.807) is 12.0 Å². The molecule has 0 aliphatic carbocycles. The van der Waals surface area contributed by atoms with E-state index < -0.39 is 0 Å². The van der Waals surface area contributed by atoms with Crippen molar-refractivity contribution in [1.82, 2.24) is 19.7 Å². The molecule has 24 heavy (non-hydrogen) atoms. The number of benzene rings is 1. The summed E-state index contributed by atoms with van der Waals surface area (Å²) in [6, 6.07) is 7.54. The number of ether oxygens (including phenoxy) is 2. The highest BCUT2D eigenvalue weighted by atomic mass is 16.5. The fraction of sp³-hybridized carbons (Fsp3) is 0.471. The van der Waals surface area contributed by atoms with Gasteiger partial charge in [0.2, 0.25) is 0 Å². The number of carbonyl (C=O) groups is 1. The van der Waals surface area contributed by atoms with Crippen molar-refractivity contribution in [3.63, 3.8) is 0 Å². The zero-order chi connectivity index (χ0) is 17.1. The zero-order valence-corrected chi connectivity index (χ0v) is 14.2. The zero-order valence-electron chi connectivity index (χ0n) is 14.2. The fourth-order valence-corrected chi connectivity index (χ4v) is 2.96. The van der Waals surface area contributed by atoms with Crippen molar-refractivity contribution in [3.8, 4) is 5.75 Å². The third-order valence-electron chi connectivity index (χ3n) is 4.30. The van der Waals surface area contributed by atoms with Crippen LogP contribution in [0.3, 0.4) is 0 Å². The number of amides is 1. The Labute approximate surface area is 141 Å². The molecule has 1 aliphatic rings. The van der Waals surface area contributed by atoms with Gasteiger partial charge in [0.25, 0.3) is 5.91 Å². The van der Waals surface area contributed by atoms with Gasteiger partial charge in [-0.05, 0) is 25.5 Å². The molecule has 0 spiro atoms. The molecular formula is C17H22N4O3. The van der Waals surface area contributed by atoms with Gasteiger partial charge in [-0.25, -0.2) is 0 Å². The van der Waals surface area contributed by atoms with E-state index in [9.17, 15) is 4.79 Å². The molecule has 0 N–H and O–H groups in total. The Hall–Kier alpha value is -2.41. The molecule has 1 aromatic carbocycles. The van der Waals surface area contributed by atoms with Crippen molar-refractivity contribution in [3.05, 3.63) is 41.5 Å². The van der Waals surface area contributed by atoms with Crippen molar-refractivity contribution < 1.29 is 14.3 Å². The Bertz CT molecular complexity index is 728. The molecule has 0 saturated heterocycles. The number of hydrogen-bond donors (Lipinski definition) is 0. The molecule has 0 bridgehead atoms. The quantitative estimate of drug-likeness (QED) is 0.835. The maximum atomic E-state index is 12.6. The first-order chi connectivity index (χ1) is 11.6. The first-order valence-corrected chi connectivity index (χ1v) is 8.00. The van der Waals surface area contributed by atoms with E-state index in [1.807, 2.05) is 42.7 Å². The van der Waals surface area contributed by atoms with Gasteiger partial charge in [0, 0.05) is 20.2 Å². The van der Waals surface area contributed by atoms with Crippen LogP contribution in [0.5, 0.6) is 5.75 Å². The molecule has 1 aromatic heterocycles. The van der Waals surface area contributed by atoms with Crippen LogP contribution in [0.4, 0.5) is 0 Å². The van der Waals surface area contributed by atoms with Crippen LogP contribution in [0.15, 0.2) is 24.3 Å². The number of fused-ring (bicyclic) bond motifs is 1. The molecule has 3 rings (SSSR count). The van der Waals surface area contributed by atoms with Crippen molar-refractivity contribution in [1.29, 1.82) is 0 Å². The lowest BCUT2D eigenvalue weighted by molar-refractivity contribution is -0.136. The van der Waals surface area contributed by atoms with E-state index >= 15 is 0 Å². The van der Waals surface area contributed by atoms with Crippen LogP contribution < -0.4 is 4.74 Å². The van der Waals surface area contributed by atoms with E-state index in [0.717, 1.165) is 23.0 Å². The second-order valence-corrected chi connectivity index (χ2v) is 5.88. The van der Waals surface area contributed by atoms with Gasteiger partial charge in [-0.1, -0.05) is 18.2 Å². The van der Waals surface area contributed by atoms with Gasteiger partial charge in [-0.2, -0.15) is 0 Å². The smallest absolute Gasteiger partial charge is 0.261 e. The average molecular weight is 330 g/mol. The first-order valence-electron chi connectivity index (χ1n) is 8.00. The van der Waals surface area contributed by atoms with Crippen LogP contribution in [-0.2, 0) is 22.7 Å². The highest BCUT2D eigenvalue weighted by molar-refractivity contribution is 5.78. The van der Waals surface area contributed by atoms with Crippen LogP contribution >= 0.6 is 0 Å². The predicted octanol–water partition coefficient (Wildman–Crippen LogP) is 1.72. The lowest BCUT2D eigenvalue weighted by Crippen LogP contribution is -2.43. The van der Waals surface area contributed by atoms with Gasteiger partial charge in [-0.3, -0.25) is 4.79 Å². The molecular weight excluding hydrogens is 308 g/mol. The number of rotatable bonds is 5. The summed E-state index contributed by atoms with van der Waals surface area (Å²) >= 11 is 0. The Morgan fingerprint density at radius 3 is 2.83 bits per heavy atom. The summed E-state index contributed by atoms with van der Waals surface area (Å²) in [5.41, 5.74) is 1.01. The second kappa shape index (κ2) is 7.00. The summed E-state index contributed by atoms with van der Waals surface area (Å²) in [5.74, 6) is 2.27. The average Bonchev–Trinajstić information content (AvgIpc) is 2.98. The molecule has 2 aromatic rings. The van der Waals surface area contributed by atoms with Gasteiger partial charge in [-0.15, -0.1) is 10.2 Å². The van der Waals surface area contributed by atoms with E-state index in [2.05, 4.69) is 10.2 Å². The Kier molecular flexibility index (Phi) is 4.80. The Balaban J connectivity index is 1.67. The first kappa shape index (κ1) is 16.4. The lowest BCUT2D eigenvalue weighted by Gasteiger charge is -2.33. The number of para-hydroxylation sites is 1. The summed E-state index contributed by atoms with van der Waals surface area (Å²) in [6.07, 6.45) is 0. The standard InChI is InChI=1S/C17H22N4O3/c1-12-6-4-5-7-14(12)24-11-16(22)20-8-9-21-15(10-23-3)18-19-17(21)13(20)2/h4-7,13H,8-11H2,1-3H3/t13-/m0/s1. The lowest BCUT2D eigenvalue weighted by atomic mass is 10.2. The molecule has 0 unspecified atom stereocenters. The Morgan fingerprint density at radius 1 is 1.29 bits per heavy atom. The highest BCUT2D eigenvalue weighted by Crippen LogP contribution is 2.25. The third-order valence-corrected chi connectivity index (χ3v) is 4.30. The van der Waals surface area contributed by atoms with Gasteiger partial charge in [0.1, 0.15) is 12.4 Å². The molecule has 0 radical (unpaired) electrons. The molecule has 2 heterocycles. The number of nitrogens with zero attached hydrogens (tertiary/aromatic N) is 4. The summed E-state index contributed by atoms with van der Waals surface area (Å²) in [4.78, 5) is 14.3. The van der Waals surface area contributed by atoms with Gasteiger partial charge < -0.3 is 18.9 Å². The fourth-order valence-electron chi connectivity index (χ4n) is 2.96. The van der Waals surface area contributed by atoms with E-state index in [1.165, 1.54) is 0 Å². The van der Waals surface area contributed by atoms with Crippen molar-refractivity contribution in [2.45, 2.75) is 33.0 Å². The summed E-state index contributed by atoms with van der Waals surface area (Å²) in [6.45, 7) is 5.64. The van der Waals surface area contributed by atoms with Crippen LogP contribution in [-0.4, -0.2) is 45.8 Å². The normalized spacial score (nSPS) is 16.8. The highest BCUT2D eigenvalue weighted by Gasteiger charge is 2.31. The number of aryl methyl sites for hydroxylation is 1. The molecule has 128 valence electrons. The molecule has 1 atom stereocenters. The van der Waals surface area contributed by atoms with Crippen LogP contribution in [0, 0.1) is 6.92 Å². The largest absolute Gasteiger partial charge is 0.484 e. The van der Waals surface area contributed by atoms with Gasteiger partial charge in [0.05, 0.1) is 6.04 Å². The Morgan fingerprint density at radius 2 is 2.08 bits per heavy atom. The van der Waals surface area contributed by atoms with Gasteiger partial charge in [0.15, 0.2) is 18.3 Å². The van der Waals surface area contributed by atoms with Crippen molar-refractivity contribution >= 4 is 5.91 Å². The summed E-state index contributed by atoms with van der Waals surface area (Å²) in [7, 11) is 1.63. The van der Waals surface area contributed by atoms with Crippen molar-refractivity contribution in [2.75, 3.05) is 20.3 Å². The summed E-state index contributed by atoms with van der Waals surface area (Å²) < 4.78 is 12.8. The number of carbonyl (C=O) groups excluding carboxylic acids is 1. The topological polar surface area (TPSA) is 69.5 Å². The second-order valence-electron chi connectivity index (χ2n) is 5.88. The molecule has 7 heteroatoms. The van der Waals surface area contributed by atoms with E-state index in [0.29, 0.717) is 19.7 Å². The maximum Gasteiger partial charge on any atom is 0.261 e. The maximum absolute atomic E-state index is 12.6. The summed E-state index contributed by atoms with van der Waals surface area (Å²) in [5, 5.41) is 8.38. The predicted molar refractivity (Wildman–Crippen MR) is 87.5 cm³/mol. The number of methoxy groups -OCH3 is 1. The SMILES string of the molecule is COCc1nnc2n1CCN(C(=O)COc1ccccc1C)[C@H]2C. The van der Waals surface area contributed by atoms with Crippen LogP contribution in [0.2, 0.25) is 0 Å². The van der Waals surface area contributed by atoms with E-state index in [-0.39, 0.29) is 18.6 Å². The third kappa shape index (κ3) is 3.12. The molecule has 7 nitrogen and oxygen atoms in total. The molecule has 1 amide bonds. The molecule has 0 saturated carbocycles. The van der Waals surface area contributed by atoms with Crippen LogP contribution in [0.1, 0.15) is 30.2 Å². The number of hydrogen-bond acceptors (Lipinski definition) is 5. The monoisotopic (exact) mass is 330 g/mol. The molecule has 0 fully saturated rings.